The number of hydrogen-bond donors (Lipinski definition) is 1. The first kappa shape index (κ1) is 14.9. The maximum atomic E-state index is 12.7. The highest BCUT2D eigenvalue weighted by atomic mass is 32.2. The van der Waals surface area contributed by atoms with Gasteiger partial charge in [0.1, 0.15) is 10.6 Å². The van der Waals surface area contributed by atoms with Crippen molar-refractivity contribution >= 4 is 16.0 Å². The quantitative estimate of drug-likeness (QED) is 0.843. The van der Waals surface area contributed by atoms with E-state index in [4.69, 9.17) is 14.4 Å². The molecule has 0 spiro atoms. The molecule has 1 aromatic heterocycles. The van der Waals surface area contributed by atoms with Crippen molar-refractivity contribution in [2.24, 2.45) is 0 Å². The molecule has 1 atom stereocenters. The minimum absolute atomic E-state index is 0.00906. The van der Waals surface area contributed by atoms with E-state index in [0.29, 0.717) is 0 Å². The molecule has 1 aliphatic rings. The first-order chi connectivity index (χ1) is 9.34. The van der Waals surface area contributed by atoms with Crippen molar-refractivity contribution < 1.29 is 27.6 Å². The molecule has 0 radical (unpaired) electrons. The maximum absolute atomic E-state index is 12.7. The highest BCUT2D eigenvalue weighted by Gasteiger charge is 2.38. The van der Waals surface area contributed by atoms with E-state index in [9.17, 15) is 13.2 Å². The Morgan fingerprint density at radius 3 is 2.75 bits per heavy atom. The van der Waals surface area contributed by atoms with Gasteiger partial charge in [-0.25, -0.2) is 8.42 Å². The van der Waals surface area contributed by atoms with Gasteiger partial charge in [0.15, 0.2) is 5.76 Å². The van der Waals surface area contributed by atoms with E-state index in [0.717, 1.165) is 4.31 Å². The third-order valence-corrected chi connectivity index (χ3v) is 5.32. The van der Waals surface area contributed by atoms with Crippen LogP contribution in [-0.4, -0.2) is 54.8 Å². The van der Waals surface area contributed by atoms with Gasteiger partial charge >= 0.3 is 5.97 Å². The van der Waals surface area contributed by atoms with Gasteiger partial charge in [-0.3, -0.25) is 4.79 Å². The summed E-state index contributed by atoms with van der Waals surface area (Å²) in [5, 5.41) is 12.5. The monoisotopic (exact) mass is 304 g/mol. The van der Waals surface area contributed by atoms with Crippen molar-refractivity contribution in [1.82, 2.24) is 9.46 Å². The Hall–Kier alpha value is -1.45. The van der Waals surface area contributed by atoms with E-state index in [-0.39, 0.29) is 42.5 Å². The topological polar surface area (TPSA) is 110 Å². The molecule has 20 heavy (non-hydrogen) atoms. The summed E-state index contributed by atoms with van der Waals surface area (Å²) in [4.78, 5) is 10.9. The Morgan fingerprint density at radius 1 is 1.50 bits per heavy atom. The van der Waals surface area contributed by atoms with Gasteiger partial charge in [0.05, 0.1) is 25.7 Å². The second-order valence-electron chi connectivity index (χ2n) is 4.60. The number of aryl methyl sites for hydroxylation is 2. The van der Waals surface area contributed by atoms with Crippen LogP contribution in [0.15, 0.2) is 9.42 Å². The highest BCUT2D eigenvalue weighted by Crippen LogP contribution is 2.26. The number of aromatic nitrogens is 1. The van der Waals surface area contributed by atoms with Gasteiger partial charge in [0.2, 0.25) is 10.0 Å². The first-order valence-corrected chi connectivity index (χ1v) is 7.52. The van der Waals surface area contributed by atoms with Crippen molar-refractivity contribution in [2.45, 2.75) is 31.2 Å². The summed E-state index contributed by atoms with van der Waals surface area (Å²) in [6.07, 6.45) is -0.303. The average molecular weight is 304 g/mol. The van der Waals surface area contributed by atoms with E-state index in [1.807, 2.05) is 0 Å². The standard InChI is InChI=1S/C11H16N2O6S/c1-7-11(8(2)19-12-7)20(16,17)13-3-4-18-6-9(13)5-10(14)15/h9H,3-6H2,1-2H3,(H,14,15)/t9-/m1/s1. The number of hydrogen-bond acceptors (Lipinski definition) is 6. The summed E-state index contributed by atoms with van der Waals surface area (Å²) in [6.45, 7) is 3.47. The molecular weight excluding hydrogens is 288 g/mol. The Bertz CT molecular complexity index is 589. The van der Waals surface area contributed by atoms with E-state index in [2.05, 4.69) is 5.16 Å². The largest absolute Gasteiger partial charge is 0.481 e. The summed E-state index contributed by atoms with van der Waals surface area (Å²) in [5.41, 5.74) is 0.267. The lowest BCUT2D eigenvalue weighted by atomic mass is 10.2. The number of morpholine rings is 1. The Labute approximate surface area is 116 Å². The minimum Gasteiger partial charge on any atom is -0.481 e. The third kappa shape index (κ3) is 2.69. The second-order valence-corrected chi connectivity index (χ2v) is 6.42. The molecule has 1 fully saturated rings. The lowest BCUT2D eigenvalue weighted by Gasteiger charge is -2.33. The molecule has 0 unspecified atom stereocenters. The molecule has 112 valence electrons. The number of sulfonamides is 1. The third-order valence-electron chi connectivity index (χ3n) is 3.12. The molecule has 2 heterocycles. The molecule has 8 nitrogen and oxygen atoms in total. The smallest absolute Gasteiger partial charge is 0.305 e. The van der Waals surface area contributed by atoms with Crippen molar-refractivity contribution in [2.75, 3.05) is 19.8 Å². The molecule has 0 amide bonds. The van der Waals surface area contributed by atoms with Crippen LogP contribution in [0.4, 0.5) is 0 Å². The zero-order valence-electron chi connectivity index (χ0n) is 11.2. The van der Waals surface area contributed by atoms with E-state index < -0.39 is 22.0 Å². The van der Waals surface area contributed by atoms with E-state index in [1.54, 1.807) is 0 Å². The predicted octanol–water partition coefficient (Wildman–Crippen LogP) is 0.156. The van der Waals surface area contributed by atoms with Gasteiger partial charge < -0.3 is 14.4 Å². The molecule has 0 bridgehead atoms. The summed E-state index contributed by atoms with van der Waals surface area (Å²) < 4.78 is 36.5. The minimum atomic E-state index is -3.84. The number of nitrogens with zero attached hydrogens (tertiary/aromatic N) is 2. The average Bonchev–Trinajstić information content (AvgIpc) is 2.69. The fraction of sp³-hybridized carbons (Fsp3) is 0.636. The number of carboxylic acids is 1. The van der Waals surface area contributed by atoms with Crippen LogP contribution in [0.1, 0.15) is 17.9 Å². The van der Waals surface area contributed by atoms with Gasteiger partial charge in [-0.15, -0.1) is 0 Å². The van der Waals surface area contributed by atoms with E-state index in [1.165, 1.54) is 13.8 Å². The SMILES string of the molecule is Cc1noc(C)c1S(=O)(=O)N1CCOC[C@H]1CC(=O)O. The molecule has 0 aromatic carbocycles. The summed E-state index contributed by atoms with van der Waals surface area (Å²) >= 11 is 0. The summed E-state index contributed by atoms with van der Waals surface area (Å²) in [7, 11) is -3.84. The predicted molar refractivity (Wildman–Crippen MR) is 66.7 cm³/mol. The van der Waals surface area contributed by atoms with Crippen LogP contribution in [0.2, 0.25) is 0 Å². The van der Waals surface area contributed by atoms with Gasteiger partial charge in [0.25, 0.3) is 0 Å². The fourth-order valence-corrected chi connectivity index (χ4v) is 4.17. The molecule has 1 N–H and O–H groups in total. The van der Waals surface area contributed by atoms with Crippen LogP contribution < -0.4 is 0 Å². The summed E-state index contributed by atoms with van der Waals surface area (Å²) in [5.74, 6) is -0.873. The van der Waals surface area contributed by atoms with Crippen LogP contribution in [-0.2, 0) is 19.6 Å². The Balaban J connectivity index is 2.38. The number of ether oxygens (including phenoxy) is 1. The van der Waals surface area contributed by atoms with Gasteiger partial charge in [0, 0.05) is 6.54 Å². The normalized spacial score (nSPS) is 21.0. The van der Waals surface area contributed by atoms with Crippen molar-refractivity contribution in [3.05, 3.63) is 11.5 Å². The van der Waals surface area contributed by atoms with Gasteiger partial charge in [-0.05, 0) is 13.8 Å². The molecule has 0 saturated carbocycles. The number of carbonyl (C=O) groups is 1. The van der Waals surface area contributed by atoms with Crippen molar-refractivity contribution in [1.29, 1.82) is 0 Å². The fourth-order valence-electron chi connectivity index (χ4n) is 2.28. The second kappa shape index (κ2) is 5.51. The lowest BCUT2D eigenvalue weighted by Crippen LogP contribution is -2.49. The van der Waals surface area contributed by atoms with Gasteiger partial charge in [-0.2, -0.15) is 4.31 Å². The number of aliphatic carboxylic acids is 1. The number of carboxylic acid groups (broad SMARTS) is 1. The zero-order valence-corrected chi connectivity index (χ0v) is 12.0. The van der Waals surface area contributed by atoms with E-state index >= 15 is 0 Å². The molecule has 2 rings (SSSR count). The van der Waals surface area contributed by atoms with Crippen LogP contribution in [0.3, 0.4) is 0 Å². The zero-order chi connectivity index (χ0) is 14.9. The van der Waals surface area contributed by atoms with Crippen LogP contribution in [0, 0.1) is 13.8 Å². The molecular formula is C11H16N2O6S. The lowest BCUT2D eigenvalue weighted by molar-refractivity contribution is -0.139. The highest BCUT2D eigenvalue weighted by molar-refractivity contribution is 7.89. The Morgan fingerprint density at radius 2 is 2.20 bits per heavy atom. The number of rotatable bonds is 4. The van der Waals surface area contributed by atoms with Crippen molar-refractivity contribution in [3.8, 4) is 0 Å². The summed E-state index contributed by atoms with van der Waals surface area (Å²) in [6, 6.07) is -0.722. The van der Waals surface area contributed by atoms with Crippen molar-refractivity contribution in [3.63, 3.8) is 0 Å². The van der Waals surface area contributed by atoms with Crippen LogP contribution in [0.25, 0.3) is 0 Å². The van der Waals surface area contributed by atoms with Gasteiger partial charge in [-0.1, -0.05) is 5.16 Å². The Kier molecular flexibility index (Phi) is 4.11. The maximum Gasteiger partial charge on any atom is 0.305 e. The van der Waals surface area contributed by atoms with Crippen LogP contribution >= 0.6 is 0 Å². The van der Waals surface area contributed by atoms with Crippen LogP contribution in [0.5, 0.6) is 0 Å². The molecule has 1 saturated heterocycles. The first-order valence-electron chi connectivity index (χ1n) is 6.08. The molecule has 0 aliphatic carbocycles. The molecule has 1 aliphatic heterocycles. The molecule has 9 heteroatoms. The molecule has 1 aromatic rings.